The summed E-state index contributed by atoms with van der Waals surface area (Å²) in [6.45, 7) is 1.08. The van der Waals surface area contributed by atoms with Gasteiger partial charge in [0.05, 0.1) is 5.92 Å². The Bertz CT molecular complexity index is 646. The van der Waals surface area contributed by atoms with Gasteiger partial charge in [-0.1, -0.05) is 43.2 Å². The fourth-order valence-electron chi connectivity index (χ4n) is 3.73. The van der Waals surface area contributed by atoms with E-state index in [2.05, 4.69) is 0 Å². The molecule has 0 atom stereocenters. The molecule has 27 heavy (non-hydrogen) atoms. The van der Waals surface area contributed by atoms with Crippen LogP contribution in [0.5, 0.6) is 0 Å². The molecule has 1 aliphatic heterocycles. The SMILES string of the molecule is O=C(COC(=O)C1CCCC1)C1CCN(C(=O)OCc2ccccc2)CC1. The Kier molecular flexibility index (Phi) is 6.85. The van der Waals surface area contributed by atoms with E-state index in [0.29, 0.717) is 25.9 Å². The number of carbonyl (C=O) groups is 3. The van der Waals surface area contributed by atoms with Crippen molar-refractivity contribution in [1.29, 1.82) is 0 Å². The van der Waals surface area contributed by atoms with E-state index >= 15 is 0 Å². The summed E-state index contributed by atoms with van der Waals surface area (Å²) in [5.41, 5.74) is 0.944. The van der Waals surface area contributed by atoms with E-state index in [1.54, 1.807) is 4.90 Å². The highest BCUT2D eigenvalue weighted by Crippen LogP contribution is 2.26. The molecular formula is C21H27NO5. The van der Waals surface area contributed by atoms with Gasteiger partial charge in [-0.2, -0.15) is 0 Å². The number of nitrogens with zero attached hydrogens (tertiary/aromatic N) is 1. The number of likely N-dealkylation sites (tertiary alicyclic amines) is 1. The number of benzene rings is 1. The molecule has 1 saturated heterocycles. The quantitative estimate of drug-likeness (QED) is 0.715. The van der Waals surface area contributed by atoms with Crippen LogP contribution in [0.4, 0.5) is 4.79 Å². The van der Waals surface area contributed by atoms with Gasteiger partial charge in [-0.15, -0.1) is 0 Å². The molecule has 6 heteroatoms. The second kappa shape index (κ2) is 9.53. The molecule has 1 aromatic rings. The second-order valence-corrected chi connectivity index (χ2v) is 7.36. The number of Topliss-reactive ketones (excluding diaryl/α,β-unsaturated/α-hetero) is 1. The Labute approximate surface area is 159 Å². The monoisotopic (exact) mass is 373 g/mol. The van der Waals surface area contributed by atoms with Crippen LogP contribution in [0.2, 0.25) is 0 Å². The van der Waals surface area contributed by atoms with E-state index in [1.165, 1.54) is 0 Å². The lowest BCUT2D eigenvalue weighted by Gasteiger charge is -2.30. The van der Waals surface area contributed by atoms with Gasteiger partial charge in [-0.3, -0.25) is 9.59 Å². The number of hydrogen-bond acceptors (Lipinski definition) is 5. The first kappa shape index (κ1) is 19.4. The predicted octanol–water partition coefficient (Wildman–Crippen LogP) is 3.34. The van der Waals surface area contributed by atoms with Crippen LogP contribution in [0.1, 0.15) is 44.1 Å². The maximum atomic E-state index is 12.3. The largest absolute Gasteiger partial charge is 0.457 e. The molecule has 0 radical (unpaired) electrons. The lowest BCUT2D eigenvalue weighted by molar-refractivity contribution is -0.153. The van der Waals surface area contributed by atoms with Crippen molar-refractivity contribution >= 4 is 17.8 Å². The summed E-state index contributed by atoms with van der Waals surface area (Å²) in [7, 11) is 0. The third kappa shape index (κ3) is 5.55. The number of rotatable bonds is 6. The van der Waals surface area contributed by atoms with Crippen LogP contribution in [-0.2, 0) is 25.7 Å². The van der Waals surface area contributed by atoms with Gasteiger partial charge >= 0.3 is 12.1 Å². The molecule has 6 nitrogen and oxygen atoms in total. The molecule has 0 spiro atoms. The maximum absolute atomic E-state index is 12.3. The normalized spacial score (nSPS) is 18.3. The summed E-state index contributed by atoms with van der Waals surface area (Å²) in [6.07, 6.45) is 4.68. The summed E-state index contributed by atoms with van der Waals surface area (Å²) >= 11 is 0. The van der Waals surface area contributed by atoms with Crippen molar-refractivity contribution in [1.82, 2.24) is 4.90 Å². The van der Waals surface area contributed by atoms with Gasteiger partial charge in [0, 0.05) is 19.0 Å². The number of amides is 1. The first-order valence-corrected chi connectivity index (χ1v) is 9.78. The molecule has 2 aliphatic rings. The summed E-state index contributed by atoms with van der Waals surface area (Å²) in [5, 5.41) is 0. The van der Waals surface area contributed by atoms with E-state index in [4.69, 9.17) is 9.47 Å². The van der Waals surface area contributed by atoms with Crippen molar-refractivity contribution in [2.45, 2.75) is 45.1 Å². The van der Waals surface area contributed by atoms with Crippen LogP contribution in [0.15, 0.2) is 30.3 Å². The lowest BCUT2D eigenvalue weighted by atomic mass is 9.93. The van der Waals surface area contributed by atoms with Gasteiger partial charge in [-0.25, -0.2) is 4.79 Å². The number of ketones is 1. The van der Waals surface area contributed by atoms with Crippen molar-refractivity contribution < 1.29 is 23.9 Å². The minimum Gasteiger partial charge on any atom is -0.457 e. The molecule has 1 amide bonds. The van der Waals surface area contributed by atoms with Gasteiger partial charge in [0.2, 0.25) is 0 Å². The molecule has 0 aromatic heterocycles. The minimum atomic E-state index is -0.350. The van der Waals surface area contributed by atoms with Gasteiger partial charge in [0.25, 0.3) is 0 Å². The highest BCUT2D eigenvalue weighted by molar-refractivity contribution is 5.85. The smallest absolute Gasteiger partial charge is 0.410 e. The minimum absolute atomic E-state index is 0.0287. The van der Waals surface area contributed by atoms with Crippen molar-refractivity contribution in [3.05, 3.63) is 35.9 Å². The van der Waals surface area contributed by atoms with Gasteiger partial charge in [0.1, 0.15) is 13.2 Å². The molecule has 146 valence electrons. The standard InChI is InChI=1S/C21H27NO5/c23-19(15-26-20(24)18-8-4-5-9-18)17-10-12-22(13-11-17)21(25)27-14-16-6-2-1-3-7-16/h1-3,6-7,17-18H,4-5,8-15H2. The molecule has 0 N–H and O–H groups in total. The number of piperidine rings is 1. The number of hydrogen-bond donors (Lipinski definition) is 0. The summed E-state index contributed by atoms with van der Waals surface area (Å²) < 4.78 is 10.5. The maximum Gasteiger partial charge on any atom is 0.410 e. The number of carbonyl (C=O) groups excluding carboxylic acids is 3. The van der Waals surface area contributed by atoms with E-state index in [0.717, 1.165) is 31.2 Å². The molecule has 0 unspecified atom stereocenters. The number of esters is 1. The topological polar surface area (TPSA) is 72.9 Å². The average molecular weight is 373 g/mol. The highest BCUT2D eigenvalue weighted by Gasteiger charge is 2.30. The third-order valence-electron chi connectivity index (χ3n) is 5.46. The molecule has 1 heterocycles. The lowest BCUT2D eigenvalue weighted by Crippen LogP contribution is -2.41. The molecule has 1 saturated carbocycles. The first-order chi connectivity index (χ1) is 13.1. The van der Waals surface area contributed by atoms with Crippen LogP contribution < -0.4 is 0 Å². The molecule has 1 aromatic carbocycles. The van der Waals surface area contributed by atoms with Crippen LogP contribution in [-0.4, -0.2) is 42.4 Å². The average Bonchev–Trinajstić information content (AvgIpc) is 3.26. The number of ether oxygens (including phenoxy) is 2. The Morgan fingerprint density at radius 3 is 2.22 bits per heavy atom. The zero-order chi connectivity index (χ0) is 19.1. The summed E-state index contributed by atoms with van der Waals surface area (Å²) in [5.74, 6) is -0.458. The Morgan fingerprint density at radius 1 is 0.889 bits per heavy atom. The highest BCUT2D eigenvalue weighted by atomic mass is 16.6. The van der Waals surface area contributed by atoms with Crippen molar-refractivity contribution in [2.24, 2.45) is 11.8 Å². The zero-order valence-corrected chi connectivity index (χ0v) is 15.6. The second-order valence-electron chi connectivity index (χ2n) is 7.36. The Morgan fingerprint density at radius 2 is 1.56 bits per heavy atom. The fraction of sp³-hybridized carbons (Fsp3) is 0.571. The molecule has 3 rings (SSSR count). The van der Waals surface area contributed by atoms with Gasteiger partial charge < -0.3 is 14.4 Å². The van der Waals surface area contributed by atoms with Crippen LogP contribution in [0.3, 0.4) is 0 Å². The van der Waals surface area contributed by atoms with Crippen LogP contribution in [0, 0.1) is 11.8 Å². The third-order valence-corrected chi connectivity index (χ3v) is 5.46. The van der Waals surface area contributed by atoms with Crippen molar-refractivity contribution in [2.75, 3.05) is 19.7 Å². The summed E-state index contributed by atoms with van der Waals surface area (Å²) in [4.78, 5) is 38.0. The molecule has 2 fully saturated rings. The molecular weight excluding hydrogens is 346 g/mol. The van der Waals surface area contributed by atoms with Crippen molar-refractivity contribution in [3.63, 3.8) is 0 Å². The Balaban J connectivity index is 1.35. The van der Waals surface area contributed by atoms with Crippen LogP contribution in [0.25, 0.3) is 0 Å². The fourth-order valence-corrected chi connectivity index (χ4v) is 3.73. The van der Waals surface area contributed by atoms with E-state index < -0.39 is 0 Å². The van der Waals surface area contributed by atoms with E-state index in [1.807, 2.05) is 30.3 Å². The van der Waals surface area contributed by atoms with Gasteiger partial charge in [-0.05, 0) is 31.2 Å². The van der Waals surface area contributed by atoms with Gasteiger partial charge in [0.15, 0.2) is 5.78 Å². The van der Waals surface area contributed by atoms with E-state index in [-0.39, 0.29) is 42.9 Å². The predicted molar refractivity (Wildman–Crippen MR) is 98.8 cm³/mol. The molecule has 1 aliphatic carbocycles. The molecule has 0 bridgehead atoms. The zero-order valence-electron chi connectivity index (χ0n) is 15.6. The summed E-state index contributed by atoms with van der Waals surface area (Å²) in [6, 6.07) is 9.54. The van der Waals surface area contributed by atoms with Crippen molar-refractivity contribution in [3.8, 4) is 0 Å². The van der Waals surface area contributed by atoms with Crippen LogP contribution >= 0.6 is 0 Å². The van der Waals surface area contributed by atoms with E-state index in [9.17, 15) is 14.4 Å². The Hall–Kier alpha value is -2.37. The first-order valence-electron chi connectivity index (χ1n) is 9.78.